The molecule has 0 heterocycles. The van der Waals surface area contributed by atoms with Gasteiger partial charge in [-0.25, -0.2) is 4.39 Å². The van der Waals surface area contributed by atoms with E-state index in [1.54, 1.807) is 18.2 Å². The van der Waals surface area contributed by atoms with Gasteiger partial charge in [-0.1, -0.05) is 52.3 Å². The Morgan fingerprint density at radius 3 is 2.33 bits per heavy atom. The number of ether oxygens (including phenoxy) is 2. The number of para-hydroxylation sites is 1. The van der Waals surface area contributed by atoms with Crippen LogP contribution in [0.15, 0.2) is 71.2 Å². The second-order valence-corrected chi connectivity index (χ2v) is 6.78. The fraction of sp³-hybridized carbons (Fsp3) is 0.182. The zero-order valence-electron chi connectivity index (χ0n) is 15.0. The molecule has 140 valence electrons. The number of hydrogen-bond acceptors (Lipinski definition) is 3. The highest BCUT2D eigenvalue weighted by Crippen LogP contribution is 2.35. The van der Waals surface area contributed by atoms with Crippen molar-refractivity contribution >= 4 is 21.6 Å². The number of hydrogen-bond donors (Lipinski definition) is 1. The first kappa shape index (κ1) is 19.2. The van der Waals surface area contributed by atoms with Crippen LogP contribution < -0.4 is 14.8 Å². The van der Waals surface area contributed by atoms with E-state index in [2.05, 4.69) is 21.2 Å². The topological polar surface area (TPSA) is 30.5 Å². The van der Waals surface area contributed by atoms with Gasteiger partial charge in [0.2, 0.25) is 0 Å². The van der Waals surface area contributed by atoms with E-state index >= 15 is 0 Å². The Bertz CT molecular complexity index is 887. The van der Waals surface area contributed by atoms with E-state index < -0.39 is 0 Å². The SMILES string of the molecule is CCOc1cc(CNc2ccccc2)c(Br)cc1OCc1ccccc1F. The molecule has 0 aliphatic carbocycles. The van der Waals surface area contributed by atoms with Crippen LogP contribution in [0.1, 0.15) is 18.1 Å². The molecule has 3 aromatic rings. The maximum Gasteiger partial charge on any atom is 0.162 e. The lowest BCUT2D eigenvalue weighted by molar-refractivity contribution is 0.265. The number of benzene rings is 3. The van der Waals surface area contributed by atoms with Crippen LogP contribution in [0.5, 0.6) is 11.5 Å². The third-order valence-corrected chi connectivity index (χ3v) is 4.75. The summed E-state index contributed by atoms with van der Waals surface area (Å²) in [5.41, 5.74) is 2.59. The minimum absolute atomic E-state index is 0.140. The van der Waals surface area contributed by atoms with Crippen molar-refractivity contribution in [2.75, 3.05) is 11.9 Å². The predicted molar refractivity (Wildman–Crippen MR) is 110 cm³/mol. The molecule has 0 amide bonds. The molecule has 3 aromatic carbocycles. The number of nitrogens with one attached hydrogen (secondary N) is 1. The Balaban J connectivity index is 1.76. The number of rotatable bonds is 8. The van der Waals surface area contributed by atoms with Gasteiger partial charge in [-0.15, -0.1) is 0 Å². The Labute approximate surface area is 167 Å². The number of anilines is 1. The van der Waals surface area contributed by atoms with E-state index in [1.807, 2.05) is 49.4 Å². The van der Waals surface area contributed by atoms with Gasteiger partial charge in [0, 0.05) is 22.3 Å². The van der Waals surface area contributed by atoms with Crippen LogP contribution in [0.25, 0.3) is 0 Å². The zero-order chi connectivity index (χ0) is 19.1. The zero-order valence-corrected chi connectivity index (χ0v) is 16.6. The van der Waals surface area contributed by atoms with E-state index in [-0.39, 0.29) is 12.4 Å². The summed E-state index contributed by atoms with van der Waals surface area (Å²) >= 11 is 3.60. The lowest BCUT2D eigenvalue weighted by atomic mass is 10.2. The molecule has 3 rings (SSSR count). The Morgan fingerprint density at radius 1 is 0.889 bits per heavy atom. The summed E-state index contributed by atoms with van der Waals surface area (Å²) in [6.07, 6.45) is 0. The molecule has 0 saturated heterocycles. The minimum Gasteiger partial charge on any atom is -0.490 e. The van der Waals surface area contributed by atoms with Crippen molar-refractivity contribution in [1.82, 2.24) is 0 Å². The van der Waals surface area contributed by atoms with Gasteiger partial charge in [-0.2, -0.15) is 0 Å². The molecule has 27 heavy (non-hydrogen) atoms. The molecule has 0 saturated carbocycles. The monoisotopic (exact) mass is 429 g/mol. The van der Waals surface area contributed by atoms with Crippen LogP contribution in [0.2, 0.25) is 0 Å². The summed E-state index contributed by atoms with van der Waals surface area (Å²) in [7, 11) is 0. The Kier molecular flexibility index (Phi) is 6.71. The molecule has 0 bridgehead atoms. The minimum atomic E-state index is -0.279. The van der Waals surface area contributed by atoms with Crippen LogP contribution in [0.3, 0.4) is 0 Å². The van der Waals surface area contributed by atoms with Gasteiger partial charge >= 0.3 is 0 Å². The highest BCUT2D eigenvalue weighted by molar-refractivity contribution is 9.10. The Hall–Kier alpha value is -2.53. The van der Waals surface area contributed by atoms with Gasteiger partial charge < -0.3 is 14.8 Å². The third kappa shape index (κ3) is 5.23. The van der Waals surface area contributed by atoms with Crippen LogP contribution in [0, 0.1) is 5.82 Å². The van der Waals surface area contributed by atoms with Gasteiger partial charge in [0.15, 0.2) is 11.5 Å². The fourth-order valence-electron chi connectivity index (χ4n) is 2.62. The molecule has 0 spiro atoms. The summed E-state index contributed by atoms with van der Waals surface area (Å²) in [5, 5.41) is 3.38. The first-order valence-electron chi connectivity index (χ1n) is 8.77. The second-order valence-electron chi connectivity index (χ2n) is 5.92. The summed E-state index contributed by atoms with van der Waals surface area (Å²) < 4.78 is 26.3. The molecular formula is C22H21BrFNO2. The predicted octanol–water partition coefficient (Wildman–Crippen LogP) is 6.18. The first-order chi connectivity index (χ1) is 13.2. The molecule has 0 aliphatic heterocycles. The second kappa shape index (κ2) is 9.42. The van der Waals surface area contributed by atoms with Crippen molar-refractivity contribution in [2.45, 2.75) is 20.1 Å². The van der Waals surface area contributed by atoms with Crippen LogP contribution in [-0.2, 0) is 13.2 Å². The summed E-state index contributed by atoms with van der Waals surface area (Å²) in [4.78, 5) is 0. The van der Waals surface area contributed by atoms with Gasteiger partial charge in [0.05, 0.1) is 6.61 Å². The maximum absolute atomic E-state index is 13.8. The van der Waals surface area contributed by atoms with Crippen molar-refractivity contribution in [3.05, 3.63) is 88.1 Å². The van der Waals surface area contributed by atoms with Crippen molar-refractivity contribution < 1.29 is 13.9 Å². The average molecular weight is 430 g/mol. The molecule has 1 N–H and O–H groups in total. The highest BCUT2D eigenvalue weighted by atomic mass is 79.9. The van der Waals surface area contributed by atoms with E-state index in [1.165, 1.54) is 6.07 Å². The first-order valence-corrected chi connectivity index (χ1v) is 9.57. The van der Waals surface area contributed by atoms with E-state index in [9.17, 15) is 4.39 Å². The Morgan fingerprint density at radius 2 is 1.59 bits per heavy atom. The van der Waals surface area contributed by atoms with Gasteiger partial charge in [-0.3, -0.25) is 0 Å². The van der Waals surface area contributed by atoms with Crippen molar-refractivity contribution in [3.63, 3.8) is 0 Å². The lowest BCUT2D eigenvalue weighted by Gasteiger charge is -2.16. The van der Waals surface area contributed by atoms with Crippen molar-refractivity contribution in [1.29, 1.82) is 0 Å². The summed E-state index contributed by atoms with van der Waals surface area (Å²) in [6.45, 7) is 3.22. The van der Waals surface area contributed by atoms with Crippen molar-refractivity contribution in [2.24, 2.45) is 0 Å². The molecule has 5 heteroatoms. The van der Waals surface area contributed by atoms with Crippen molar-refractivity contribution in [3.8, 4) is 11.5 Å². The molecule has 3 nitrogen and oxygen atoms in total. The quantitative estimate of drug-likeness (QED) is 0.463. The largest absolute Gasteiger partial charge is 0.490 e. The molecule has 0 radical (unpaired) electrons. The molecule has 0 unspecified atom stereocenters. The van der Waals surface area contributed by atoms with Gasteiger partial charge in [-0.05, 0) is 42.8 Å². The molecule has 0 aliphatic rings. The normalized spacial score (nSPS) is 10.5. The average Bonchev–Trinajstić information content (AvgIpc) is 2.69. The van der Waals surface area contributed by atoms with Crippen LogP contribution in [-0.4, -0.2) is 6.61 Å². The summed E-state index contributed by atoms with van der Waals surface area (Å²) in [6, 6.07) is 20.4. The highest BCUT2D eigenvalue weighted by Gasteiger charge is 2.12. The summed E-state index contributed by atoms with van der Waals surface area (Å²) in [5.74, 6) is 0.940. The van der Waals surface area contributed by atoms with Gasteiger partial charge in [0.25, 0.3) is 0 Å². The molecule has 0 atom stereocenters. The van der Waals surface area contributed by atoms with Crippen LogP contribution >= 0.6 is 15.9 Å². The molecule has 0 aromatic heterocycles. The van der Waals surface area contributed by atoms with Crippen LogP contribution in [0.4, 0.5) is 10.1 Å². The maximum atomic E-state index is 13.8. The lowest BCUT2D eigenvalue weighted by Crippen LogP contribution is -2.04. The molecule has 0 fully saturated rings. The standard InChI is InChI=1S/C22H21BrFNO2/c1-2-26-21-12-17(14-25-18-9-4-3-5-10-18)19(23)13-22(21)27-15-16-8-6-7-11-20(16)24/h3-13,25H,2,14-15H2,1H3. The smallest absolute Gasteiger partial charge is 0.162 e. The van der Waals surface area contributed by atoms with E-state index in [0.29, 0.717) is 30.2 Å². The third-order valence-electron chi connectivity index (χ3n) is 4.01. The number of halogens is 2. The fourth-order valence-corrected chi connectivity index (χ4v) is 3.08. The van der Waals surface area contributed by atoms with Gasteiger partial charge in [0.1, 0.15) is 12.4 Å². The van der Waals surface area contributed by atoms with E-state index in [0.717, 1.165) is 15.7 Å². The van der Waals surface area contributed by atoms with E-state index in [4.69, 9.17) is 9.47 Å². The molecular weight excluding hydrogens is 409 g/mol.